The zero-order valence-corrected chi connectivity index (χ0v) is 16.3. The molecular weight excluding hydrogens is 322 g/mol. The number of carbonyl (C=O) groups excluding carboxylic acids is 2. The fourth-order valence-electron chi connectivity index (χ4n) is 4.10. The molecule has 2 nitrogen and oxygen atoms in total. The Morgan fingerprint density at radius 2 is 1.68 bits per heavy atom. The summed E-state index contributed by atoms with van der Waals surface area (Å²) < 4.78 is 27.7. The highest BCUT2D eigenvalue weighted by molar-refractivity contribution is 5.86. The summed E-state index contributed by atoms with van der Waals surface area (Å²) in [5, 5.41) is 0. The molecule has 0 heterocycles. The van der Waals surface area contributed by atoms with Crippen LogP contribution in [-0.4, -0.2) is 17.5 Å². The van der Waals surface area contributed by atoms with Gasteiger partial charge in [-0.1, -0.05) is 59.3 Å². The molecule has 0 bridgehead atoms. The Bertz CT molecular complexity index is 420. The average Bonchev–Trinajstić information content (AvgIpc) is 2.83. The molecule has 0 N–H and O–H groups in total. The lowest BCUT2D eigenvalue weighted by Crippen LogP contribution is -2.29. The second-order valence-corrected chi connectivity index (χ2v) is 7.89. The van der Waals surface area contributed by atoms with Gasteiger partial charge in [-0.2, -0.15) is 8.78 Å². The Morgan fingerprint density at radius 3 is 2.32 bits per heavy atom. The van der Waals surface area contributed by atoms with Gasteiger partial charge < -0.3 is 0 Å². The van der Waals surface area contributed by atoms with Crippen LogP contribution in [0.2, 0.25) is 0 Å². The topological polar surface area (TPSA) is 34.1 Å². The molecule has 25 heavy (non-hydrogen) atoms. The minimum absolute atomic E-state index is 0.0197. The smallest absolute Gasteiger partial charge is 0.299 e. The van der Waals surface area contributed by atoms with E-state index in [4.69, 9.17) is 0 Å². The quantitative estimate of drug-likeness (QED) is 0.359. The fourth-order valence-corrected chi connectivity index (χ4v) is 4.10. The van der Waals surface area contributed by atoms with Gasteiger partial charge in [0.05, 0.1) is 0 Å². The van der Waals surface area contributed by atoms with E-state index >= 15 is 0 Å². The third kappa shape index (κ3) is 7.15. The van der Waals surface area contributed by atoms with Gasteiger partial charge in [-0.25, -0.2) is 0 Å². The summed E-state index contributed by atoms with van der Waals surface area (Å²) in [6, 6.07) is 0. The van der Waals surface area contributed by atoms with E-state index in [1.165, 1.54) is 19.3 Å². The summed E-state index contributed by atoms with van der Waals surface area (Å²) in [6.07, 6.45) is 8.21. The highest BCUT2D eigenvalue weighted by Crippen LogP contribution is 2.40. The van der Waals surface area contributed by atoms with Gasteiger partial charge >= 0.3 is 5.92 Å². The maximum Gasteiger partial charge on any atom is 0.305 e. The molecule has 3 atom stereocenters. The summed E-state index contributed by atoms with van der Waals surface area (Å²) in [5.74, 6) is -3.56. The highest BCUT2D eigenvalue weighted by Gasteiger charge is 2.42. The zero-order chi connectivity index (χ0) is 18.9. The molecule has 146 valence electrons. The molecule has 1 rings (SSSR count). The van der Waals surface area contributed by atoms with Gasteiger partial charge in [0.2, 0.25) is 5.78 Å². The van der Waals surface area contributed by atoms with Gasteiger partial charge in [0.1, 0.15) is 5.78 Å². The van der Waals surface area contributed by atoms with E-state index in [1.807, 2.05) is 13.8 Å². The number of hydrogen-bond donors (Lipinski definition) is 0. The van der Waals surface area contributed by atoms with Crippen LogP contribution in [0, 0.1) is 17.8 Å². The Morgan fingerprint density at radius 1 is 1.04 bits per heavy atom. The summed E-state index contributed by atoms with van der Waals surface area (Å²) in [5.41, 5.74) is 0. The average molecular weight is 359 g/mol. The van der Waals surface area contributed by atoms with E-state index in [-0.39, 0.29) is 36.4 Å². The van der Waals surface area contributed by atoms with Gasteiger partial charge in [0.25, 0.3) is 0 Å². The van der Waals surface area contributed by atoms with Crippen molar-refractivity contribution in [2.45, 2.75) is 104 Å². The molecule has 4 heteroatoms. The lowest BCUT2D eigenvalue weighted by molar-refractivity contribution is -0.144. The molecular formula is C21H36F2O2. The largest absolute Gasteiger partial charge is 0.305 e. The SMILES string of the molecule is CCCCCCC[C@H]1C(=O)C[C@@H](C)[C@@H]1CCC(=O)C(F)(F)CCCC. The van der Waals surface area contributed by atoms with Crippen molar-refractivity contribution in [1.29, 1.82) is 0 Å². The zero-order valence-electron chi connectivity index (χ0n) is 16.3. The van der Waals surface area contributed by atoms with Crippen LogP contribution in [0.25, 0.3) is 0 Å². The summed E-state index contributed by atoms with van der Waals surface area (Å²) in [4.78, 5) is 24.2. The van der Waals surface area contributed by atoms with Gasteiger partial charge in [-0.05, 0) is 31.1 Å². The molecule has 0 aromatic heterocycles. The maximum atomic E-state index is 13.9. The van der Waals surface area contributed by atoms with Crippen LogP contribution < -0.4 is 0 Å². The Labute approximate surface area is 152 Å². The second kappa shape index (κ2) is 11.0. The Hall–Kier alpha value is -0.800. The van der Waals surface area contributed by atoms with Gasteiger partial charge in [0, 0.05) is 25.2 Å². The van der Waals surface area contributed by atoms with Gasteiger partial charge in [-0.3, -0.25) is 9.59 Å². The molecule has 1 aliphatic rings. The maximum absolute atomic E-state index is 13.9. The summed E-state index contributed by atoms with van der Waals surface area (Å²) >= 11 is 0. The monoisotopic (exact) mass is 358 g/mol. The summed E-state index contributed by atoms with van der Waals surface area (Å²) in [7, 11) is 0. The molecule has 0 amide bonds. The number of ketones is 2. The van der Waals surface area contributed by atoms with E-state index in [2.05, 4.69) is 6.92 Å². The van der Waals surface area contributed by atoms with Crippen molar-refractivity contribution in [2.24, 2.45) is 17.8 Å². The van der Waals surface area contributed by atoms with E-state index in [9.17, 15) is 18.4 Å². The van der Waals surface area contributed by atoms with Crippen molar-refractivity contribution in [3.63, 3.8) is 0 Å². The van der Waals surface area contributed by atoms with Crippen molar-refractivity contribution in [3.05, 3.63) is 0 Å². The molecule has 0 radical (unpaired) electrons. The molecule has 0 aromatic rings. The molecule has 0 spiro atoms. The predicted octanol–water partition coefficient (Wildman–Crippen LogP) is 6.36. The molecule has 0 unspecified atom stereocenters. The molecule has 1 saturated carbocycles. The van der Waals surface area contributed by atoms with Crippen LogP contribution in [0.1, 0.15) is 97.8 Å². The number of Topliss-reactive ketones (excluding diaryl/α,β-unsaturated/α-hetero) is 2. The first-order chi connectivity index (χ1) is 11.8. The number of unbranched alkanes of at least 4 members (excludes halogenated alkanes) is 5. The van der Waals surface area contributed by atoms with Crippen LogP contribution in [0.4, 0.5) is 8.78 Å². The number of alkyl halides is 2. The number of carbonyl (C=O) groups is 2. The fraction of sp³-hybridized carbons (Fsp3) is 0.905. The molecule has 1 aliphatic carbocycles. The van der Waals surface area contributed by atoms with Crippen molar-refractivity contribution < 1.29 is 18.4 Å². The van der Waals surface area contributed by atoms with Crippen molar-refractivity contribution in [2.75, 3.05) is 0 Å². The van der Waals surface area contributed by atoms with E-state index < -0.39 is 11.7 Å². The second-order valence-electron chi connectivity index (χ2n) is 7.89. The molecule has 0 saturated heterocycles. The van der Waals surface area contributed by atoms with Crippen LogP contribution in [0.5, 0.6) is 0 Å². The first-order valence-electron chi connectivity index (χ1n) is 10.3. The number of halogens is 2. The minimum Gasteiger partial charge on any atom is -0.299 e. The van der Waals surface area contributed by atoms with Crippen LogP contribution in [0.15, 0.2) is 0 Å². The lowest BCUT2D eigenvalue weighted by Gasteiger charge is -2.23. The van der Waals surface area contributed by atoms with Gasteiger partial charge in [0.15, 0.2) is 0 Å². The molecule has 0 aromatic carbocycles. The van der Waals surface area contributed by atoms with Gasteiger partial charge in [-0.15, -0.1) is 0 Å². The minimum atomic E-state index is -3.20. The third-order valence-corrected chi connectivity index (χ3v) is 5.76. The molecule has 0 aliphatic heterocycles. The number of rotatable bonds is 13. The van der Waals surface area contributed by atoms with E-state index in [1.54, 1.807) is 0 Å². The van der Waals surface area contributed by atoms with Crippen LogP contribution in [0.3, 0.4) is 0 Å². The predicted molar refractivity (Wildman–Crippen MR) is 97.9 cm³/mol. The normalized spacial score (nSPS) is 24.0. The Kier molecular flexibility index (Phi) is 9.81. The highest BCUT2D eigenvalue weighted by atomic mass is 19.3. The standard InChI is InChI=1S/C21H36F2O2/c1-4-6-8-9-10-11-18-17(16(3)15-19(18)24)12-13-20(25)21(22,23)14-7-5-2/h16-18H,4-15H2,1-3H3/t16-,17+,18-/m1/s1. The number of hydrogen-bond acceptors (Lipinski definition) is 2. The van der Waals surface area contributed by atoms with Crippen molar-refractivity contribution in [1.82, 2.24) is 0 Å². The molecule has 1 fully saturated rings. The van der Waals surface area contributed by atoms with E-state index in [0.717, 1.165) is 19.3 Å². The first kappa shape index (κ1) is 22.2. The van der Waals surface area contributed by atoms with E-state index in [0.29, 0.717) is 25.7 Å². The Balaban J connectivity index is 2.50. The third-order valence-electron chi connectivity index (χ3n) is 5.76. The van der Waals surface area contributed by atoms with Crippen LogP contribution >= 0.6 is 0 Å². The van der Waals surface area contributed by atoms with Crippen molar-refractivity contribution >= 4 is 11.6 Å². The first-order valence-corrected chi connectivity index (χ1v) is 10.3. The summed E-state index contributed by atoms with van der Waals surface area (Å²) in [6.45, 7) is 6.04. The van der Waals surface area contributed by atoms with Crippen molar-refractivity contribution in [3.8, 4) is 0 Å². The lowest BCUT2D eigenvalue weighted by atomic mass is 9.82. The van der Waals surface area contributed by atoms with Crippen LogP contribution in [-0.2, 0) is 9.59 Å².